The molecule has 0 saturated heterocycles. The predicted molar refractivity (Wildman–Crippen MR) is 78.4 cm³/mol. The topological polar surface area (TPSA) is 149 Å². The quantitative estimate of drug-likeness (QED) is 0.428. The molecule has 0 fully saturated rings. The van der Waals surface area contributed by atoms with Crippen molar-refractivity contribution in [3.05, 3.63) is 24.3 Å². The van der Waals surface area contributed by atoms with E-state index in [1.165, 1.54) is 0 Å². The molecule has 0 unspecified atom stereocenters. The van der Waals surface area contributed by atoms with Crippen LogP contribution in [0.3, 0.4) is 0 Å². The van der Waals surface area contributed by atoms with Crippen molar-refractivity contribution in [3.63, 3.8) is 0 Å². The first kappa shape index (κ1) is 22.1. The SMILES string of the molecule is O=S(=O)(O)c1ccc2cc(O)c(S(=O)(=O)O)c(O)c2c1.[Na].[Na]. The van der Waals surface area contributed by atoms with Gasteiger partial charge in [-0.3, -0.25) is 9.11 Å². The summed E-state index contributed by atoms with van der Waals surface area (Å²) in [5.41, 5.74) is 0. The second kappa shape index (κ2) is 7.34. The summed E-state index contributed by atoms with van der Waals surface area (Å²) in [6, 6.07) is 3.88. The minimum Gasteiger partial charge on any atom is -0.506 e. The van der Waals surface area contributed by atoms with Crippen molar-refractivity contribution in [3.8, 4) is 11.5 Å². The van der Waals surface area contributed by atoms with Crippen molar-refractivity contribution in [2.75, 3.05) is 0 Å². The first-order valence-electron chi connectivity index (χ1n) is 4.95. The monoisotopic (exact) mass is 366 g/mol. The van der Waals surface area contributed by atoms with E-state index in [0.29, 0.717) is 0 Å². The molecule has 0 heterocycles. The van der Waals surface area contributed by atoms with Gasteiger partial charge in [0.15, 0.2) is 4.90 Å². The molecule has 2 aromatic carbocycles. The Morgan fingerprint density at radius 2 is 1.36 bits per heavy atom. The van der Waals surface area contributed by atoms with Gasteiger partial charge in [0, 0.05) is 64.5 Å². The van der Waals surface area contributed by atoms with Crippen LogP contribution >= 0.6 is 0 Å². The van der Waals surface area contributed by atoms with Crippen molar-refractivity contribution in [2.45, 2.75) is 9.79 Å². The first-order chi connectivity index (χ1) is 9.01. The van der Waals surface area contributed by atoms with Crippen molar-refractivity contribution < 1.29 is 36.2 Å². The van der Waals surface area contributed by atoms with Crippen LogP contribution in [0.1, 0.15) is 0 Å². The Balaban J connectivity index is 0.00000220. The van der Waals surface area contributed by atoms with E-state index in [4.69, 9.17) is 9.11 Å². The molecule has 8 nitrogen and oxygen atoms in total. The Labute approximate surface area is 170 Å². The number of rotatable bonds is 2. The molecule has 0 aliphatic heterocycles. The zero-order valence-corrected chi connectivity index (χ0v) is 17.2. The number of phenols is 2. The summed E-state index contributed by atoms with van der Waals surface area (Å²) >= 11 is 0. The van der Waals surface area contributed by atoms with Gasteiger partial charge in [0.25, 0.3) is 10.1 Å². The van der Waals surface area contributed by atoms with E-state index >= 15 is 0 Å². The van der Waals surface area contributed by atoms with Gasteiger partial charge in [-0.1, -0.05) is 6.07 Å². The summed E-state index contributed by atoms with van der Waals surface area (Å²) in [6.07, 6.45) is 0. The van der Waals surface area contributed by atoms with Crippen LogP contribution in [0.25, 0.3) is 10.8 Å². The summed E-state index contributed by atoms with van der Waals surface area (Å²) in [6.45, 7) is 0. The average Bonchev–Trinajstić information content (AvgIpc) is 2.25. The van der Waals surface area contributed by atoms with Gasteiger partial charge in [-0.2, -0.15) is 16.8 Å². The number of phenolic OH excluding ortho intramolecular Hbond substituents is 2. The summed E-state index contributed by atoms with van der Waals surface area (Å²) in [5.74, 6) is -1.91. The van der Waals surface area contributed by atoms with Gasteiger partial charge in [-0.05, 0) is 23.6 Å². The third-order valence-corrected chi connectivity index (χ3v) is 4.34. The van der Waals surface area contributed by atoms with Crippen LogP contribution < -0.4 is 0 Å². The third kappa shape index (κ3) is 4.35. The van der Waals surface area contributed by atoms with Gasteiger partial charge >= 0.3 is 10.1 Å². The van der Waals surface area contributed by atoms with E-state index in [1.807, 2.05) is 0 Å². The fraction of sp³-hybridized carbons (Fsp3) is 0. The molecule has 0 amide bonds. The summed E-state index contributed by atoms with van der Waals surface area (Å²) in [4.78, 5) is -1.72. The maximum absolute atomic E-state index is 11.1. The van der Waals surface area contributed by atoms with Gasteiger partial charge in [0.05, 0.1) is 4.90 Å². The number of fused-ring (bicyclic) bond motifs is 1. The molecule has 2 rings (SSSR count). The van der Waals surface area contributed by atoms with Crippen LogP contribution in [0.5, 0.6) is 11.5 Å². The second-order valence-electron chi connectivity index (χ2n) is 3.91. The van der Waals surface area contributed by atoms with Crippen molar-refractivity contribution in [1.29, 1.82) is 0 Å². The van der Waals surface area contributed by atoms with Crippen LogP contribution in [0.2, 0.25) is 0 Å². The summed E-state index contributed by atoms with van der Waals surface area (Å²) in [5, 5.41) is 19.1. The number of benzene rings is 2. The molecular formula is C10H8Na2O8S2. The summed E-state index contributed by atoms with van der Waals surface area (Å²) in [7, 11) is -9.47. The van der Waals surface area contributed by atoms with E-state index in [9.17, 15) is 27.0 Å². The molecule has 2 radical (unpaired) electrons. The maximum Gasteiger partial charge on any atom is 0.301 e. The first-order valence-corrected chi connectivity index (χ1v) is 7.83. The maximum atomic E-state index is 11.1. The Morgan fingerprint density at radius 1 is 0.818 bits per heavy atom. The van der Waals surface area contributed by atoms with Gasteiger partial charge in [0.1, 0.15) is 11.5 Å². The molecule has 110 valence electrons. The van der Waals surface area contributed by atoms with Crippen LogP contribution in [-0.4, -0.2) is 95.3 Å². The van der Waals surface area contributed by atoms with Crippen LogP contribution in [0, 0.1) is 0 Å². The molecule has 0 spiro atoms. The van der Waals surface area contributed by atoms with Crippen molar-refractivity contribution in [2.24, 2.45) is 0 Å². The minimum atomic E-state index is -4.92. The fourth-order valence-electron chi connectivity index (χ4n) is 1.74. The Morgan fingerprint density at radius 3 is 1.82 bits per heavy atom. The zero-order chi connectivity index (χ0) is 15.3. The van der Waals surface area contributed by atoms with E-state index in [2.05, 4.69) is 0 Å². The number of hydrogen-bond acceptors (Lipinski definition) is 6. The normalized spacial score (nSPS) is 11.5. The van der Waals surface area contributed by atoms with Gasteiger partial charge < -0.3 is 10.2 Å². The zero-order valence-electron chi connectivity index (χ0n) is 11.5. The molecule has 22 heavy (non-hydrogen) atoms. The summed E-state index contributed by atoms with van der Waals surface area (Å²) < 4.78 is 61.9. The Kier molecular flexibility index (Phi) is 7.38. The number of hydrogen-bond donors (Lipinski definition) is 4. The van der Waals surface area contributed by atoms with Crippen molar-refractivity contribution in [1.82, 2.24) is 0 Å². The largest absolute Gasteiger partial charge is 0.506 e. The molecule has 12 heteroatoms. The van der Waals surface area contributed by atoms with E-state index < -0.39 is 41.5 Å². The van der Waals surface area contributed by atoms with Crippen molar-refractivity contribution >= 4 is 90.1 Å². The smallest absolute Gasteiger partial charge is 0.301 e. The van der Waals surface area contributed by atoms with E-state index in [1.54, 1.807) is 0 Å². The van der Waals surface area contributed by atoms with Gasteiger partial charge in [0.2, 0.25) is 0 Å². The number of aromatic hydroxyl groups is 2. The molecule has 0 aliphatic carbocycles. The fourth-order valence-corrected chi connectivity index (χ4v) is 2.92. The molecule has 0 saturated carbocycles. The van der Waals surface area contributed by atoms with E-state index in [0.717, 1.165) is 24.3 Å². The van der Waals surface area contributed by atoms with Gasteiger partial charge in [-0.15, -0.1) is 0 Å². The standard InChI is InChI=1S/C10H8O8S2.2Na/c11-8-3-5-1-2-6(19(13,14)15)4-7(5)9(12)10(8)20(16,17)18;;/h1-4,11-12H,(H,13,14,15)(H,16,17,18);;. The molecule has 4 N–H and O–H groups in total. The van der Waals surface area contributed by atoms with Crippen LogP contribution in [0.4, 0.5) is 0 Å². The molecule has 2 aromatic rings. The third-order valence-electron chi connectivity index (χ3n) is 2.58. The van der Waals surface area contributed by atoms with Gasteiger partial charge in [-0.25, -0.2) is 0 Å². The van der Waals surface area contributed by atoms with E-state index in [-0.39, 0.29) is 69.9 Å². The predicted octanol–water partition coefficient (Wildman–Crippen LogP) is -0.0172. The molecule has 0 aliphatic rings. The van der Waals surface area contributed by atoms with Crippen LogP contribution in [0.15, 0.2) is 34.1 Å². The average molecular weight is 366 g/mol. The molecule has 0 bridgehead atoms. The molecule has 0 atom stereocenters. The Hall–Kier alpha value is 0.120. The second-order valence-corrected chi connectivity index (χ2v) is 6.69. The van der Waals surface area contributed by atoms with Crippen LogP contribution in [-0.2, 0) is 20.2 Å². The Bertz CT molecular complexity index is 922. The minimum absolute atomic E-state index is 0. The molecular weight excluding hydrogens is 358 g/mol. The molecule has 0 aromatic heterocycles.